The quantitative estimate of drug-likeness (QED) is 0.740. The molecule has 1 unspecified atom stereocenters. The summed E-state index contributed by atoms with van der Waals surface area (Å²) in [7, 11) is 0. The van der Waals surface area contributed by atoms with Crippen LogP contribution in [0.5, 0.6) is 5.75 Å². The molecule has 0 aromatic heterocycles. The molecule has 0 amide bonds. The average Bonchev–Trinajstić information content (AvgIpc) is 2.10. The lowest BCUT2D eigenvalue weighted by Crippen LogP contribution is -2.14. The standard InChI is InChI=1S/C8H9BrFNO2/c9-5-1-4(7(11)3-12)8(13)2-6(5)10/h1-2,7,12-13H,3,11H2. The maximum Gasteiger partial charge on any atom is 0.141 e. The van der Waals surface area contributed by atoms with Crippen LogP contribution in [0.1, 0.15) is 11.6 Å². The van der Waals surface area contributed by atoms with Crippen LogP contribution in [0.4, 0.5) is 4.39 Å². The highest BCUT2D eigenvalue weighted by atomic mass is 79.9. The van der Waals surface area contributed by atoms with Crippen LogP contribution in [0.15, 0.2) is 16.6 Å². The van der Waals surface area contributed by atoms with Crippen molar-refractivity contribution in [3.05, 3.63) is 28.0 Å². The van der Waals surface area contributed by atoms with Gasteiger partial charge in [-0.25, -0.2) is 4.39 Å². The number of phenols is 1. The topological polar surface area (TPSA) is 66.5 Å². The zero-order valence-electron chi connectivity index (χ0n) is 6.67. The van der Waals surface area contributed by atoms with Crippen LogP contribution in [-0.4, -0.2) is 16.8 Å². The minimum Gasteiger partial charge on any atom is -0.507 e. The van der Waals surface area contributed by atoms with E-state index in [-0.39, 0.29) is 16.8 Å². The van der Waals surface area contributed by atoms with Crippen LogP contribution in [0.3, 0.4) is 0 Å². The van der Waals surface area contributed by atoms with E-state index in [9.17, 15) is 9.50 Å². The molecule has 0 fully saturated rings. The molecule has 72 valence electrons. The lowest BCUT2D eigenvalue weighted by Gasteiger charge is -2.11. The summed E-state index contributed by atoms with van der Waals surface area (Å²) < 4.78 is 13.0. The molecule has 0 heterocycles. The number of benzene rings is 1. The van der Waals surface area contributed by atoms with E-state index < -0.39 is 11.9 Å². The molecule has 0 aliphatic heterocycles. The zero-order chi connectivity index (χ0) is 10.0. The van der Waals surface area contributed by atoms with Gasteiger partial charge in [0.05, 0.1) is 17.1 Å². The maximum absolute atomic E-state index is 12.8. The fourth-order valence-electron chi connectivity index (χ4n) is 0.947. The number of phenolic OH excluding ortho intramolecular Hbond substituents is 1. The van der Waals surface area contributed by atoms with Crippen LogP contribution in [0.25, 0.3) is 0 Å². The number of aliphatic hydroxyl groups is 1. The first-order valence-electron chi connectivity index (χ1n) is 3.60. The number of rotatable bonds is 2. The van der Waals surface area contributed by atoms with Gasteiger partial charge >= 0.3 is 0 Å². The van der Waals surface area contributed by atoms with Gasteiger partial charge < -0.3 is 15.9 Å². The van der Waals surface area contributed by atoms with Gasteiger partial charge in [0.2, 0.25) is 0 Å². The molecule has 13 heavy (non-hydrogen) atoms. The Labute approximate surface area is 83.1 Å². The molecule has 0 saturated carbocycles. The molecule has 1 atom stereocenters. The van der Waals surface area contributed by atoms with E-state index in [1.807, 2.05) is 0 Å². The second-order valence-electron chi connectivity index (χ2n) is 2.61. The highest BCUT2D eigenvalue weighted by Gasteiger charge is 2.12. The molecule has 1 aromatic rings. The third-order valence-electron chi connectivity index (χ3n) is 1.67. The molecule has 0 aliphatic carbocycles. The summed E-state index contributed by atoms with van der Waals surface area (Å²) >= 11 is 2.95. The second kappa shape index (κ2) is 4.04. The van der Waals surface area contributed by atoms with E-state index in [0.717, 1.165) is 6.07 Å². The van der Waals surface area contributed by atoms with Gasteiger partial charge in [-0.05, 0) is 22.0 Å². The Hall–Kier alpha value is -0.650. The van der Waals surface area contributed by atoms with Crippen molar-refractivity contribution in [3.63, 3.8) is 0 Å². The molecular weight excluding hydrogens is 241 g/mol. The Morgan fingerprint density at radius 1 is 1.54 bits per heavy atom. The van der Waals surface area contributed by atoms with Crippen molar-refractivity contribution in [2.24, 2.45) is 5.73 Å². The predicted octanol–water partition coefficient (Wildman–Crippen LogP) is 1.29. The lowest BCUT2D eigenvalue weighted by molar-refractivity contribution is 0.265. The Bertz CT molecular complexity index is 319. The highest BCUT2D eigenvalue weighted by Crippen LogP contribution is 2.28. The van der Waals surface area contributed by atoms with E-state index in [4.69, 9.17) is 10.8 Å². The first-order chi connectivity index (χ1) is 6.06. The molecular formula is C8H9BrFNO2. The molecule has 5 heteroatoms. The summed E-state index contributed by atoms with van der Waals surface area (Å²) in [5.41, 5.74) is 5.78. The number of hydrogen-bond donors (Lipinski definition) is 3. The van der Waals surface area contributed by atoms with Gasteiger partial charge in [0.1, 0.15) is 11.6 Å². The number of halogens is 2. The Morgan fingerprint density at radius 2 is 2.15 bits per heavy atom. The van der Waals surface area contributed by atoms with Crippen molar-refractivity contribution in [3.8, 4) is 5.75 Å². The van der Waals surface area contributed by atoms with Crippen LogP contribution in [0, 0.1) is 5.82 Å². The molecule has 0 bridgehead atoms. The van der Waals surface area contributed by atoms with E-state index in [1.165, 1.54) is 6.07 Å². The number of hydrogen-bond acceptors (Lipinski definition) is 3. The third kappa shape index (κ3) is 2.18. The van der Waals surface area contributed by atoms with Crippen LogP contribution < -0.4 is 5.73 Å². The lowest BCUT2D eigenvalue weighted by atomic mass is 10.1. The maximum atomic E-state index is 12.8. The number of nitrogens with two attached hydrogens (primary N) is 1. The minimum absolute atomic E-state index is 0.212. The first kappa shape index (κ1) is 10.4. The van der Waals surface area contributed by atoms with Crippen molar-refractivity contribution in [2.75, 3.05) is 6.61 Å². The fourth-order valence-corrected chi connectivity index (χ4v) is 1.31. The SMILES string of the molecule is NC(CO)c1cc(Br)c(F)cc1O. The molecule has 1 rings (SSSR count). The fraction of sp³-hybridized carbons (Fsp3) is 0.250. The predicted molar refractivity (Wildman–Crippen MR) is 49.8 cm³/mol. The summed E-state index contributed by atoms with van der Waals surface area (Å²) in [6.45, 7) is -0.300. The number of aliphatic hydroxyl groups excluding tert-OH is 1. The smallest absolute Gasteiger partial charge is 0.141 e. The molecule has 0 radical (unpaired) electrons. The largest absolute Gasteiger partial charge is 0.507 e. The van der Waals surface area contributed by atoms with Gasteiger partial charge in [0.25, 0.3) is 0 Å². The van der Waals surface area contributed by atoms with Crippen LogP contribution in [-0.2, 0) is 0 Å². The van der Waals surface area contributed by atoms with E-state index in [1.54, 1.807) is 0 Å². The highest BCUT2D eigenvalue weighted by molar-refractivity contribution is 9.10. The van der Waals surface area contributed by atoms with Crippen molar-refractivity contribution < 1.29 is 14.6 Å². The van der Waals surface area contributed by atoms with Gasteiger partial charge in [-0.15, -0.1) is 0 Å². The Balaban J connectivity index is 3.15. The van der Waals surface area contributed by atoms with Crippen LogP contribution >= 0.6 is 15.9 Å². The number of aromatic hydroxyl groups is 1. The third-order valence-corrected chi connectivity index (χ3v) is 2.27. The van der Waals surface area contributed by atoms with E-state index >= 15 is 0 Å². The van der Waals surface area contributed by atoms with Gasteiger partial charge in [-0.2, -0.15) is 0 Å². The molecule has 1 aromatic carbocycles. The molecule has 0 aliphatic rings. The van der Waals surface area contributed by atoms with Gasteiger partial charge in [-0.1, -0.05) is 0 Å². The first-order valence-corrected chi connectivity index (χ1v) is 4.40. The van der Waals surface area contributed by atoms with Crippen molar-refractivity contribution in [1.29, 1.82) is 0 Å². The van der Waals surface area contributed by atoms with Crippen LogP contribution in [0.2, 0.25) is 0 Å². The summed E-state index contributed by atoms with van der Waals surface area (Å²) in [4.78, 5) is 0. The summed E-state index contributed by atoms with van der Waals surface area (Å²) in [5, 5.41) is 18.0. The van der Waals surface area contributed by atoms with Gasteiger partial charge in [0, 0.05) is 11.6 Å². The molecule has 0 saturated heterocycles. The zero-order valence-corrected chi connectivity index (χ0v) is 8.25. The van der Waals surface area contributed by atoms with E-state index in [2.05, 4.69) is 15.9 Å². The molecule has 0 spiro atoms. The Kier molecular flexibility index (Phi) is 3.24. The average molecular weight is 250 g/mol. The monoisotopic (exact) mass is 249 g/mol. The van der Waals surface area contributed by atoms with Crippen molar-refractivity contribution in [1.82, 2.24) is 0 Å². The van der Waals surface area contributed by atoms with E-state index in [0.29, 0.717) is 5.56 Å². The summed E-state index contributed by atoms with van der Waals surface area (Å²) in [6.07, 6.45) is 0. The Morgan fingerprint density at radius 3 is 2.69 bits per heavy atom. The molecule has 4 N–H and O–H groups in total. The van der Waals surface area contributed by atoms with Crippen molar-refractivity contribution in [2.45, 2.75) is 6.04 Å². The normalized spacial score (nSPS) is 12.9. The van der Waals surface area contributed by atoms with Gasteiger partial charge in [0.15, 0.2) is 0 Å². The second-order valence-corrected chi connectivity index (χ2v) is 3.47. The minimum atomic E-state index is -0.697. The van der Waals surface area contributed by atoms with Crippen molar-refractivity contribution >= 4 is 15.9 Å². The summed E-state index contributed by atoms with van der Waals surface area (Å²) in [6, 6.07) is 1.61. The van der Waals surface area contributed by atoms with Gasteiger partial charge in [-0.3, -0.25) is 0 Å². The summed E-state index contributed by atoms with van der Waals surface area (Å²) in [5.74, 6) is -0.811. The molecule has 3 nitrogen and oxygen atoms in total.